The number of nitrogens with two attached hydrogens (primary N) is 1. The molecule has 6 nitrogen and oxygen atoms in total. The van der Waals surface area contributed by atoms with E-state index in [0.717, 1.165) is 6.07 Å². The van der Waals surface area contributed by atoms with Gasteiger partial charge in [0.2, 0.25) is 0 Å². The molecule has 2 aromatic rings. The van der Waals surface area contributed by atoms with Crippen LogP contribution in [0.25, 0.3) is 0 Å². The van der Waals surface area contributed by atoms with Gasteiger partial charge in [-0.3, -0.25) is 9.48 Å². The summed E-state index contributed by atoms with van der Waals surface area (Å²) >= 11 is 0. The average molecular weight is 259 g/mol. The summed E-state index contributed by atoms with van der Waals surface area (Å²) in [5.74, 6) is -1.30. The van der Waals surface area contributed by atoms with Crippen LogP contribution < -0.4 is 11.1 Å². The Kier molecular flexibility index (Phi) is 3.16. The number of aromatic nitrogens is 2. The molecule has 19 heavy (non-hydrogen) atoms. The number of nitrogen functional groups attached to an aromatic ring is 1. The number of rotatable bonds is 2. The van der Waals surface area contributed by atoms with Gasteiger partial charge in [0.05, 0.1) is 23.0 Å². The Balaban J connectivity index is 2.25. The lowest BCUT2D eigenvalue weighted by Gasteiger charge is -2.05. The minimum Gasteiger partial charge on any atom is -0.396 e. The van der Waals surface area contributed by atoms with Gasteiger partial charge in [-0.25, -0.2) is 4.39 Å². The quantitative estimate of drug-likeness (QED) is 0.848. The molecule has 1 amide bonds. The van der Waals surface area contributed by atoms with Crippen molar-refractivity contribution in [3.05, 3.63) is 41.5 Å². The van der Waals surface area contributed by atoms with Gasteiger partial charge in [0.15, 0.2) is 5.69 Å². The Labute approximate surface area is 108 Å². The molecule has 0 atom stereocenters. The first-order chi connectivity index (χ1) is 9.01. The van der Waals surface area contributed by atoms with Crippen molar-refractivity contribution in [3.63, 3.8) is 0 Å². The van der Waals surface area contributed by atoms with Gasteiger partial charge in [0, 0.05) is 13.2 Å². The predicted octanol–water partition coefficient (Wildman–Crippen LogP) is 1.27. The van der Waals surface area contributed by atoms with E-state index in [1.54, 1.807) is 13.1 Å². The molecule has 1 aromatic heterocycles. The fraction of sp³-hybridized carbons (Fsp3) is 0.0833. The number of carbonyl (C=O) groups excluding carboxylic acids is 1. The maximum atomic E-state index is 13.6. The first-order valence-electron chi connectivity index (χ1n) is 5.31. The zero-order valence-corrected chi connectivity index (χ0v) is 10.0. The van der Waals surface area contributed by atoms with Gasteiger partial charge in [-0.05, 0) is 18.2 Å². The second-order valence-corrected chi connectivity index (χ2v) is 3.87. The van der Waals surface area contributed by atoms with Crippen LogP contribution >= 0.6 is 0 Å². The lowest BCUT2D eigenvalue weighted by molar-refractivity contribution is 0.102. The van der Waals surface area contributed by atoms with Gasteiger partial charge in [-0.1, -0.05) is 0 Å². The second-order valence-electron chi connectivity index (χ2n) is 3.87. The Bertz CT molecular complexity index is 686. The summed E-state index contributed by atoms with van der Waals surface area (Å²) in [5.41, 5.74) is 5.96. The van der Waals surface area contributed by atoms with Gasteiger partial charge >= 0.3 is 0 Å². The number of carbonyl (C=O) groups is 1. The van der Waals surface area contributed by atoms with Gasteiger partial charge < -0.3 is 11.1 Å². The number of aryl methyl sites for hydroxylation is 1. The first kappa shape index (κ1) is 12.6. The minimum absolute atomic E-state index is 0.0197. The number of benzene rings is 1. The van der Waals surface area contributed by atoms with Crippen LogP contribution in [0.3, 0.4) is 0 Å². The number of nitrogens with zero attached hydrogens (tertiary/aromatic N) is 3. The summed E-state index contributed by atoms with van der Waals surface area (Å²) in [5, 5.41) is 14.8. The van der Waals surface area contributed by atoms with Crippen LogP contribution in [0.4, 0.5) is 15.8 Å². The van der Waals surface area contributed by atoms with E-state index in [9.17, 15) is 9.18 Å². The molecule has 0 bridgehead atoms. The van der Waals surface area contributed by atoms with Gasteiger partial charge in [-0.2, -0.15) is 10.4 Å². The number of anilines is 2. The SMILES string of the molecule is Cn1cc(N)c(C(=O)Nc2ccc(C#N)cc2F)n1. The van der Waals surface area contributed by atoms with E-state index in [-0.39, 0.29) is 22.6 Å². The van der Waals surface area contributed by atoms with Crippen molar-refractivity contribution in [3.8, 4) is 6.07 Å². The van der Waals surface area contributed by atoms with Crippen molar-refractivity contribution in [2.75, 3.05) is 11.1 Å². The van der Waals surface area contributed by atoms with E-state index < -0.39 is 11.7 Å². The van der Waals surface area contributed by atoms with Crippen LogP contribution in [0.5, 0.6) is 0 Å². The molecule has 2 rings (SSSR count). The normalized spacial score (nSPS) is 9.95. The fourth-order valence-corrected chi connectivity index (χ4v) is 1.55. The number of nitrogens with one attached hydrogen (secondary N) is 1. The largest absolute Gasteiger partial charge is 0.396 e. The molecule has 0 aliphatic heterocycles. The summed E-state index contributed by atoms with van der Waals surface area (Å²) in [6.07, 6.45) is 1.48. The first-order valence-corrected chi connectivity index (χ1v) is 5.31. The van der Waals surface area contributed by atoms with E-state index >= 15 is 0 Å². The topological polar surface area (TPSA) is 96.7 Å². The summed E-state index contributed by atoms with van der Waals surface area (Å²) in [4.78, 5) is 11.9. The van der Waals surface area contributed by atoms with Crippen molar-refractivity contribution >= 4 is 17.3 Å². The highest BCUT2D eigenvalue weighted by Crippen LogP contribution is 2.17. The number of hydrogen-bond acceptors (Lipinski definition) is 4. The minimum atomic E-state index is -0.693. The molecule has 0 aliphatic rings. The molecule has 0 fully saturated rings. The van der Waals surface area contributed by atoms with Crippen molar-refractivity contribution in [1.82, 2.24) is 9.78 Å². The van der Waals surface area contributed by atoms with Crippen molar-refractivity contribution in [2.24, 2.45) is 7.05 Å². The average Bonchev–Trinajstić information content (AvgIpc) is 2.71. The third kappa shape index (κ3) is 2.52. The molecule has 0 unspecified atom stereocenters. The van der Waals surface area contributed by atoms with Gasteiger partial charge in [0.25, 0.3) is 5.91 Å². The number of amides is 1. The van der Waals surface area contributed by atoms with Crippen LogP contribution in [0.15, 0.2) is 24.4 Å². The van der Waals surface area contributed by atoms with Crippen molar-refractivity contribution in [2.45, 2.75) is 0 Å². The molecular formula is C12H10FN5O. The highest BCUT2D eigenvalue weighted by molar-refractivity contribution is 6.06. The van der Waals surface area contributed by atoms with Crippen LogP contribution in [0, 0.1) is 17.1 Å². The maximum Gasteiger partial charge on any atom is 0.278 e. The van der Waals surface area contributed by atoms with Gasteiger partial charge in [0.1, 0.15) is 5.82 Å². The third-order valence-corrected chi connectivity index (χ3v) is 2.42. The molecule has 7 heteroatoms. The highest BCUT2D eigenvalue weighted by atomic mass is 19.1. The van der Waals surface area contributed by atoms with E-state index in [1.807, 2.05) is 0 Å². The van der Waals surface area contributed by atoms with Crippen LogP contribution in [0.1, 0.15) is 16.1 Å². The second kappa shape index (κ2) is 4.78. The molecule has 1 heterocycles. The monoisotopic (exact) mass is 259 g/mol. The summed E-state index contributed by atoms with van der Waals surface area (Å²) in [6.45, 7) is 0. The summed E-state index contributed by atoms with van der Waals surface area (Å²) < 4.78 is 15.0. The predicted molar refractivity (Wildman–Crippen MR) is 66.7 cm³/mol. The van der Waals surface area contributed by atoms with Crippen molar-refractivity contribution < 1.29 is 9.18 Å². The molecular weight excluding hydrogens is 249 g/mol. The molecule has 0 spiro atoms. The summed E-state index contributed by atoms with van der Waals surface area (Å²) in [7, 11) is 1.62. The van der Waals surface area contributed by atoms with E-state index in [4.69, 9.17) is 11.0 Å². The van der Waals surface area contributed by atoms with Crippen LogP contribution in [-0.2, 0) is 7.05 Å². The Hall–Kier alpha value is -2.88. The molecule has 3 N–H and O–H groups in total. The molecule has 0 saturated heterocycles. The van der Waals surface area contributed by atoms with Crippen molar-refractivity contribution in [1.29, 1.82) is 5.26 Å². The Morgan fingerprint density at radius 3 is 2.84 bits per heavy atom. The number of halogens is 1. The molecule has 0 aliphatic carbocycles. The Morgan fingerprint density at radius 1 is 1.58 bits per heavy atom. The summed E-state index contributed by atoms with van der Waals surface area (Å²) in [6, 6.07) is 5.56. The maximum absolute atomic E-state index is 13.6. The number of hydrogen-bond donors (Lipinski definition) is 2. The van der Waals surface area contributed by atoms with Crippen LogP contribution in [-0.4, -0.2) is 15.7 Å². The zero-order chi connectivity index (χ0) is 14.0. The molecule has 0 saturated carbocycles. The molecule has 96 valence electrons. The molecule has 1 aromatic carbocycles. The number of nitriles is 1. The highest BCUT2D eigenvalue weighted by Gasteiger charge is 2.15. The zero-order valence-electron chi connectivity index (χ0n) is 10.0. The lowest BCUT2D eigenvalue weighted by Crippen LogP contribution is -2.15. The fourth-order valence-electron chi connectivity index (χ4n) is 1.55. The van der Waals surface area contributed by atoms with Gasteiger partial charge in [-0.15, -0.1) is 0 Å². The Morgan fingerprint density at radius 2 is 2.32 bits per heavy atom. The standard InChI is InChI=1S/C12H10FN5O/c1-18-6-9(15)11(17-18)12(19)16-10-3-2-7(5-14)4-8(10)13/h2-4,6H,15H2,1H3,(H,16,19). The van der Waals surface area contributed by atoms with E-state index in [0.29, 0.717) is 0 Å². The van der Waals surface area contributed by atoms with Crippen LogP contribution in [0.2, 0.25) is 0 Å². The third-order valence-electron chi connectivity index (χ3n) is 2.42. The molecule has 0 radical (unpaired) electrons. The smallest absolute Gasteiger partial charge is 0.278 e. The van der Waals surface area contributed by atoms with E-state index in [1.165, 1.54) is 23.0 Å². The lowest BCUT2D eigenvalue weighted by atomic mass is 10.2. The van der Waals surface area contributed by atoms with E-state index in [2.05, 4.69) is 10.4 Å².